The zero-order chi connectivity index (χ0) is 32.0. The Morgan fingerprint density at radius 2 is 0.636 bits per heavy atom. The second-order valence-corrected chi connectivity index (χ2v) is 10.9. The number of unbranched alkanes of at least 4 members (excludes halogenated alkanes) is 14. The molecule has 262 valence electrons. The van der Waals surface area contributed by atoms with Crippen LogP contribution >= 0.6 is 0 Å². The van der Waals surface area contributed by atoms with Gasteiger partial charge in [0.2, 0.25) is 0 Å². The van der Waals surface area contributed by atoms with E-state index in [1.807, 2.05) is 0 Å². The highest BCUT2D eigenvalue weighted by Gasteiger charge is 2.03. The number of rotatable bonds is 37. The van der Waals surface area contributed by atoms with Gasteiger partial charge in [0.15, 0.2) is 0 Å². The Bertz CT molecular complexity index is 590. The summed E-state index contributed by atoms with van der Waals surface area (Å²) in [5.41, 5.74) is 0. The number of ether oxygens (including phenoxy) is 8. The van der Waals surface area contributed by atoms with Crippen LogP contribution in [0.15, 0.2) is 0 Å². The van der Waals surface area contributed by atoms with E-state index in [0.29, 0.717) is 85.7 Å². The van der Waals surface area contributed by atoms with E-state index in [1.54, 1.807) is 0 Å². The minimum atomic E-state index is -0.309. The molecule has 0 aliphatic rings. The highest BCUT2D eigenvalue weighted by Crippen LogP contribution is 2.13. The van der Waals surface area contributed by atoms with Gasteiger partial charge in [0.05, 0.1) is 79.3 Å². The predicted octanol–water partition coefficient (Wildman–Crippen LogP) is 6.45. The van der Waals surface area contributed by atoms with Gasteiger partial charge in [-0.05, 0) is 6.42 Å². The van der Waals surface area contributed by atoms with Crippen LogP contribution in [0.4, 0.5) is 0 Å². The van der Waals surface area contributed by atoms with Gasteiger partial charge in [-0.25, -0.2) is 0 Å². The SMILES string of the molecule is CCCCCCCCCCCCCCCCCC(=O)OCCOCCOCCOCCOCCOCCOCCOC(C)=O. The van der Waals surface area contributed by atoms with Crippen molar-refractivity contribution >= 4 is 11.9 Å². The quantitative estimate of drug-likeness (QED) is 0.0559. The van der Waals surface area contributed by atoms with E-state index in [2.05, 4.69) is 6.92 Å². The van der Waals surface area contributed by atoms with Crippen LogP contribution in [0.3, 0.4) is 0 Å². The molecule has 0 bridgehead atoms. The number of carbonyl (C=O) groups is 2. The average molecular weight is 635 g/mol. The second-order valence-electron chi connectivity index (χ2n) is 10.9. The van der Waals surface area contributed by atoms with E-state index in [0.717, 1.165) is 12.8 Å². The van der Waals surface area contributed by atoms with Crippen LogP contribution in [0.25, 0.3) is 0 Å². The van der Waals surface area contributed by atoms with Crippen molar-refractivity contribution in [1.82, 2.24) is 0 Å². The van der Waals surface area contributed by atoms with Gasteiger partial charge >= 0.3 is 11.9 Å². The molecule has 10 heteroatoms. The summed E-state index contributed by atoms with van der Waals surface area (Å²) in [6, 6.07) is 0. The van der Waals surface area contributed by atoms with Crippen LogP contribution in [0.2, 0.25) is 0 Å². The first-order chi connectivity index (χ1) is 21.7. The fourth-order valence-electron chi connectivity index (χ4n) is 4.37. The highest BCUT2D eigenvalue weighted by molar-refractivity contribution is 5.69. The summed E-state index contributed by atoms with van der Waals surface area (Å²) in [6.45, 7) is 9.69. The lowest BCUT2D eigenvalue weighted by Gasteiger charge is -2.08. The fraction of sp³-hybridized carbons (Fsp3) is 0.941. The lowest BCUT2D eigenvalue weighted by atomic mass is 10.0. The molecule has 0 N–H and O–H groups in total. The summed E-state index contributed by atoms with van der Waals surface area (Å²) in [7, 11) is 0. The molecule has 0 aromatic carbocycles. The van der Waals surface area contributed by atoms with Crippen molar-refractivity contribution in [3.05, 3.63) is 0 Å². The van der Waals surface area contributed by atoms with Gasteiger partial charge in [-0.3, -0.25) is 9.59 Å². The molecular weight excluding hydrogens is 568 g/mol. The lowest BCUT2D eigenvalue weighted by Crippen LogP contribution is -2.15. The van der Waals surface area contributed by atoms with Crippen LogP contribution in [0.5, 0.6) is 0 Å². The summed E-state index contributed by atoms with van der Waals surface area (Å²) in [6.07, 6.45) is 20.2. The smallest absolute Gasteiger partial charge is 0.305 e. The van der Waals surface area contributed by atoms with Crippen molar-refractivity contribution in [2.45, 2.75) is 117 Å². The molecule has 0 amide bonds. The number of carbonyl (C=O) groups excluding carboxylic acids is 2. The van der Waals surface area contributed by atoms with Gasteiger partial charge in [-0.1, -0.05) is 96.8 Å². The Kier molecular flexibility index (Phi) is 36.8. The summed E-state index contributed by atoms with van der Waals surface area (Å²) in [4.78, 5) is 22.4. The van der Waals surface area contributed by atoms with Crippen LogP contribution in [-0.2, 0) is 47.5 Å². The summed E-state index contributed by atoms with van der Waals surface area (Å²) >= 11 is 0. The van der Waals surface area contributed by atoms with Gasteiger partial charge in [-0.2, -0.15) is 0 Å². The Labute approximate surface area is 268 Å². The minimum absolute atomic E-state index is 0.132. The zero-order valence-electron chi connectivity index (χ0n) is 28.3. The van der Waals surface area contributed by atoms with Crippen LogP contribution in [0.1, 0.15) is 117 Å². The minimum Gasteiger partial charge on any atom is -0.463 e. The van der Waals surface area contributed by atoms with E-state index in [9.17, 15) is 9.59 Å². The molecule has 0 aromatic heterocycles. The van der Waals surface area contributed by atoms with Crippen LogP contribution in [0, 0.1) is 0 Å². The topological polar surface area (TPSA) is 108 Å². The first-order valence-corrected chi connectivity index (χ1v) is 17.4. The molecule has 0 rings (SSSR count). The molecule has 10 nitrogen and oxygen atoms in total. The van der Waals surface area contributed by atoms with Gasteiger partial charge in [0.25, 0.3) is 0 Å². The number of esters is 2. The maximum absolute atomic E-state index is 11.8. The van der Waals surface area contributed by atoms with Crippen molar-refractivity contribution in [2.24, 2.45) is 0 Å². The van der Waals surface area contributed by atoms with Crippen molar-refractivity contribution in [1.29, 1.82) is 0 Å². The first-order valence-electron chi connectivity index (χ1n) is 17.4. The molecule has 44 heavy (non-hydrogen) atoms. The van der Waals surface area contributed by atoms with E-state index >= 15 is 0 Å². The number of hydrogen-bond acceptors (Lipinski definition) is 10. The third kappa shape index (κ3) is 38.7. The average Bonchev–Trinajstić information content (AvgIpc) is 3.01. The van der Waals surface area contributed by atoms with Crippen molar-refractivity contribution < 1.29 is 47.5 Å². The number of hydrogen-bond donors (Lipinski definition) is 0. The molecule has 0 fully saturated rings. The lowest BCUT2D eigenvalue weighted by molar-refractivity contribution is -0.145. The van der Waals surface area contributed by atoms with Crippen LogP contribution in [-0.4, -0.2) is 104 Å². The molecule has 0 saturated heterocycles. The van der Waals surface area contributed by atoms with Gasteiger partial charge in [0, 0.05) is 13.3 Å². The van der Waals surface area contributed by atoms with E-state index in [1.165, 1.54) is 90.4 Å². The monoisotopic (exact) mass is 634 g/mol. The molecule has 0 saturated carbocycles. The molecule has 0 radical (unpaired) electrons. The second kappa shape index (κ2) is 37.9. The molecule has 0 aromatic rings. The Hall–Kier alpha value is -1.30. The molecule has 0 spiro atoms. The standard InChI is InChI=1S/C34H66O10/c1-3-4-5-6-7-8-9-10-11-12-13-14-15-16-17-18-34(36)44-32-30-42-28-26-40-24-22-38-20-19-37-21-23-39-25-27-41-29-31-43-33(2)35/h3-32H2,1-2H3. The van der Waals surface area contributed by atoms with Gasteiger partial charge in [0.1, 0.15) is 13.2 Å². The Balaban J connectivity index is 3.14. The Morgan fingerprint density at radius 1 is 0.364 bits per heavy atom. The molecule has 0 atom stereocenters. The van der Waals surface area contributed by atoms with Crippen LogP contribution < -0.4 is 0 Å². The predicted molar refractivity (Wildman–Crippen MR) is 172 cm³/mol. The molecule has 0 aliphatic heterocycles. The van der Waals surface area contributed by atoms with E-state index in [4.69, 9.17) is 37.9 Å². The first kappa shape index (κ1) is 42.7. The van der Waals surface area contributed by atoms with Gasteiger partial charge < -0.3 is 37.9 Å². The van der Waals surface area contributed by atoms with Gasteiger partial charge in [-0.15, -0.1) is 0 Å². The molecule has 0 heterocycles. The largest absolute Gasteiger partial charge is 0.463 e. The highest BCUT2D eigenvalue weighted by atomic mass is 16.6. The summed E-state index contributed by atoms with van der Waals surface area (Å²) in [5, 5.41) is 0. The summed E-state index contributed by atoms with van der Waals surface area (Å²) < 4.78 is 42.4. The zero-order valence-corrected chi connectivity index (χ0v) is 28.3. The maximum atomic E-state index is 11.8. The maximum Gasteiger partial charge on any atom is 0.305 e. The third-order valence-electron chi connectivity index (χ3n) is 6.87. The van der Waals surface area contributed by atoms with E-state index in [-0.39, 0.29) is 25.2 Å². The Morgan fingerprint density at radius 3 is 0.955 bits per heavy atom. The van der Waals surface area contributed by atoms with Crippen molar-refractivity contribution in [2.75, 3.05) is 92.5 Å². The van der Waals surface area contributed by atoms with Crippen molar-refractivity contribution in [3.63, 3.8) is 0 Å². The normalized spacial score (nSPS) is 11.2. The molecule has 0 aliphatic carbocycles. The van der Waals surface area contributed by atoms with E-state index < -0.39 is 0 Å². The van der Waals surface area contributed by atoms with Crippen molar-refractivity contribution in [3.8, 4) is 0 Å². The summed E-state index contributed by atoms with van der Waals surface area (Å²) in [5.74, 6) is -0.441. The molecule has 0 unspecified atom stereocenters. The molecular formula is C34H66O10. The third-order valence-corrected chi connectivity index (χ3v) is 6.87. The fourth-order valence-corrected chi connectivity index (χ4v) is 4.37.